The Morgan fingerprint density at radius 3 is 2.59 bits per heavy atom. The zero-order valence-electron chi connectivity index (χ0n) is 17.1. The summed E-state index contributed by atoms with van der Waals surface area (Å²) in [6.07, 6.45) is 2.29. The van der Waals surface area contributed by atoms with Gasteiger partial charge in [-0.15, -0.1) is 0 Å². The molecule has 1 aliphatic carbocycles. The molecular formula is C24H20FN3O4. The molecule has 1 saturated carbocycles. The minimum atomic E-state index is -1.50. The van der Waals surface area contributed by atoms with Gasteiger partial charge in [-0.25, -0.2) is 9.18 Å². The third kappa shape index (κ3) is 3.66. The van der Waals surface area contributed by atoms with Crippen molar-refractivity contribution in [3.63, 3.8) is 0 Å². The lowest BCUT2D eigenvalue weighted by molar-refractivity contribution is -0.124. The van der Waals surface area contributed by atoms with Crippen molar-refractivity contribution in [2.24, 2.45) is 5.92 Å². The summed E-state index contributed by atoms with van der Waals surface area (Å²) in [5.41, 5.74) is 0.173. The van der Waals surface area contributed by atoms with Gasteiger partial charge in [0.05, 0.1) is 6.54 Å². The maximum absolute atomic E-state index is 13.4. The molecule has 2 aromatic carbocycles. The van der Waals surface area contributed by atoms with Crippen LogP contribution in [0.2, 0.25) is 0 Å². The summed E-state index contributed by atoms with van der Waals surface area (Å²) < 4.78 is 19.1. The van der Waals surface area contributed by atoms with E-state index in [2.05, 4.69) is 22.5 Å². The van der Waals surface area contributed by atoms with Gasteiger partial charge in [0, 0.05) is 18.0 Å². The summed E-state index contributed by atoms with van der Waals surface area (Å²) in [5, 5.41) is 4.86. The van der Waals surface area contributed by atoms with Crippen LogP contribution in [-0.2, 0) is 16.9 Å². The predicted octanol–water partition coefficient (Wildman–Crippen LogP) is 2.31. The van der Waals surface area contributed by atoms with E-state index < -0.39 is 23.3 Å². The number of ether oxygens (including phenoxy) is 1. The van der Waals surface area contributed by atoms with Crippen LogP contribution in [0, 0.1) is 23.6 Å². The molecule has 5 rings (SSSR count). The molecule has 2 heterocycles. The van der Waals surface area contributed by atoms with Crippen LogP contribution in [0.15, 0.2) is 42.5 Å². The molecule has 2 aromatic rings. The van der Waals surface area contributed by atoms with E-state index in [0.29, 0.717) is 22.8 Å². The topological polar surface area (TPSA) is 87.7 Å². The Bertz CT molecular complexity index is 1180. The fourth-order valence-electron chi connectivity index (χ4n) is 4.01. The molecule has 0 unspecified atom stereocenters. The van der Waals surface area contributed by atoms with Gasteiger partial charge in [-0.3, -0.25) is 14.9 Å². The van der Waals surface area contributed by atoms with E-state index >= 15 is 0 Å². The first-order valence-corrected chi connectivity index (χ1v) is 10.4. The second-order valence-electron chi connectivity index (χ2n) is 8.18. The van der Waals surface area contributed by atoms with Crippen molar-refractivity contribution in [2.75, 3.05) is 13.2 Å². The Hall–Kier alpha value is -3.86. The molecule has 0 spiro atoms. The Labute approximate surface area is 183 Å². The Morgan fingerprint density at radius 2 is 1.91 bits per heavy atom. The second kappa shape index (κ2) is 7.68. The maximum Gasteiger partial charge on any atom is 0.322 e. The normalized spacial score (nSPS) is 21.5. The standard InChI is InChI=1S/C24H20FN3O4/c25-18-8-6-17(7-9-18)24(22(30)26-23(31)27-24)14-28-13-16-5-10-19(12-20(16)21(28)29)32-11-1-2-15-3-4-15/h5-10,12,15H,3-4,11,13-14H2,(H2,26,27,30,31)/t24-/m0/s1. The molecule has 4 amide bonds. The Balaban J connectivity index is 1.36. The molecule has 0 aromatic heterocycles. The minimum Gasteiger partial charge on any atom is -0.481 e. The minimum absolute atomic E-state index is 0.0905. The summed E-state index contributed by atoms with van der Waals surface area (Å²) in [5.74, 6) is 5.83. The zero-order chi connectivity index (χ0) is 22.3. The first-order valence-electron chi connectivity index (χ1n) is 10.4. The van der Waals surface area contributed by atoms with E-state index in [1.807, 2.05) is 6.07 Å². The molecule has 1 atom stereocenters. The molecule has 2 N–H and O–H groups in total. The van der Waals surface area contributed by atoms with Gasteiger partial charge in [0.25, 0.3) is 11.8 Å². The molecule has 1 saturated heterocycles. The highest BCUT2D eigenvalue weighted by atomic mass is 19.1. The lowest BCUT2D eigenvalue weighted by Gasteiger charge is -2.31. The summed E-state index contributed by atoms with van der Waals surface area (Å²) in [6.45, 7) is 0.446. The molecule has 2 fully saturated rings. The first kappa shape index (κ1) is 20.1. The number of carbonyl (C=O) groups excluding carboxylic acids is 3. The number of nitrogens with zero attached hydrogens (tertiary/aromatic N) is 1. The number of urea groups is 1. The average Bonchev–Trinajstić information content (AvgIpc) is 3.49. The number of imide groups is 1. The zero-order valence-corrected chi connectivity index (χ0v) is 17.1. The predicted molar refractivity (Wildman–Crippen MR) is 112 cm³/mol. The number of hydrogen-bond acceptors (Lipinski definition) is 4. The Morgan fingerprint density at radius 1 is 1.12 bits per heavy atom. The molecule has 32 heavy (non-hydrogen) atoms. The van der Waals surface area contributed by atoms with Crippen molar-refractivity contribution in [1.82, 2.24) is 15.5 Å². The van der Waals surface area contributed by atoms with E-state index in [-0.39, 0.29) is 25.6 Å². The smallest absolute Gasteiger partial charge is 0.322 e. The van der Waals surface area contributed by atoms with Crippen molar-refractivity contribution in [3.8, 4) is 17.6 Å². The maximum atomic E-state index is 13.4. The molecule has 0 bridgehead atoms. The van der Waals surface area contributed by atoms with E-state index in [4.69, 9.17) is 4.74 Å². The molecule has 7 nitrogen and oxygen atoms in total. The lowest BCUT2D eigenvalue weighted by atomic mass is 9.89. The number of rotatable bonds is 5. The van der Waals surface area contributed by atoms with Crippen LogP contribution in [-0.4, -0.2) is 35.9 Å². The molecular weight excluding hydrogens is 413 g/mol. The molecule has 2 aliphatic heterocycles. The van der Waals surface area contributed by atoms with Gasteiger partial charge in [-0.1, -0.05) is 30.0 Å². The highest BCUT2D eigenvalue weighted by molar-refractivity contribution is 6.08. The highest BCUT2D eigenvalue weighted by Crippen LogP contribution is 2.32. The van der Waals surface area contributed by atoms with Crippen LogP contribution >= 0.6 is 0 Å². The van der Waals surface area contributed by atoms with E-state index in [0.717, 1.165) is 18.4 Å². The third-order valence-electron chi connectivity index (χ3n) is 5.86. The fraction of sp³-hybridized carbons (Fsp3) is 0.292. The van der Waals surface area contributed by atoms with Gasteiger partial charge in [0.15, 0.2) is 5.54 Å². The summed E-state index contributed by atoms with van der Waals surface area (Å²) >= 11 is 0. The Kier molecular flexibility index (Phi) is 4.82. The first-order chi connectivity index (χ1) is 15.4. The summed E-state index contributed by atoms with van der Waals surface area (Å²) in [7, 11) is 0. The molecule has 3 aliphatic rings. The second-order valence-corrected chi connectivity index (χ2v) is 8.18. The summed E-state index contributed by atoms with van der Waals surface area (Å²) in [6, 6.07) is 9.91. The SMILES string of the molecule is O=C1NC(=O)[C@](CN2Cc3ccc(OCC#CC4CC4)cc3C2=O)(c2ccc(F)cc2)N1. The van der Waals surface area contributed by atoms with Crippen LogP contribution in [0.25, 0.3) is 0 Å². The van der Waals surface area contributed by atoms with Crippen LogP contribution in [0.3, 0.4) is 0 Å². The molecule has 162 valence electrons. The van der Waals surface area contributed by atoms with Gasteiger partial charge < -0.3 is 15.0 Å². The largest absolute Gasteiger partial charge is 0.481 e. The van der Waals surface area contributed by atoms with Crippen LogP contribution < -0.4 is 15.4 Å². The van der Waals surface area contributed by atoms with Crippen LogP contribution in [0.4, 0.5) is 9.18 Å². The monoisotopic (exact) mass is 433 g/mol. The van der Waals surface area contributed by atoms with Crippen molar-refractivity contribution >= 4 is 17.8 Å². The van der Waals surface area contributed by atoms with Crippen molar-refractivity contribution in [3.05, 3.63) is 65.0 Å². The van der Waals surface area contributed by atoms with E-state index in [1.54, 1.807) is 12.1 Å². The van der Waals surface area contributed by atoms with Gasteiger partial charge in [0.2, 0.25) is 0 Å². The van der Waals surface area contributed by atoms with Crippen molar-refractivity contribution in [1.29, 1.82) is 0 Å². The van der Waals surface area contributed by atoms with E-state index in [9.17, 15) is 18.8 Å². The highest BCUT2D eigenvalue weighted by Gasteiger charge is 2.50. The van der Waals surface area contributed by atoms with Crippen molar-refractivity contribution in [2.45, 2.75) is 24.9 Å². The number of nitrogens with one attached hydrogen (secondary N) is 2. The van der Waals surface area contributed by atoms with Gasteiger partial charge >= 0.3 is 6.03 Å². The van der Waals surface area contributed by atoms with Crippen LogP contribution in [0.5, 0.6) is 5.75 Å². The summed E-state index contributed by atoms with van der Waals surface area (Å²) in [4.78, 5) is 39.3. The number of carbonyl (C=O) groups is 3. The third-order valence-corrected chi connectivity index (χ3v) is 5.86. The van der Waals surface area contributed by atoms with Crippen molar-refractivity contribution < 1.29 is 23.5 Å². The van der Waals surface area contributed by atoms with Gasteiger partial charge in [-0.2, -0.15) is 0 Å². The quantitative estimate of drug-likeness (QED) is 0.560. The fourth-order valence-corrected chi connectivity index (χ4v) is 4.01. The number of amides is 4. The van der Waals surface area contributed by atoms with Gasteiger partial charge in [0.1, 0.15) is 18.2 Å². The average molecular weight is 433 g/mol. The van der Waals surface area contributed by atoms with Crippen LogP contribution in [0.1, 0.15) is 34.3 Å². The lowest BCUT2D eigenvalue weighted by Crippen LogP contribution is -2.52. The number of benzene rings is 2. The number of hydrogen-bond donors (Lipinski definition) is 2. The molecule has 8 heteroatoms. The van der Waals surface area contributed by atoms with Gasteiger partial charge in [-0.05, 0) is 48.2 Å². The number of fused-ring (bicyclic) bond motifs is 1. The molecule has 0 radical (unpaired) electrons. The number of halogens is 1. The van der Waals surface area contributed by atoms with E-state index in [1.165, 1.54) is 29.2 Å².